The van der Waals surface area contributed by atoms with Crippen molar-refractivity contribution in [3.05, 3.63) is 0 Å². The summed E-state index contributed by atoms with van der Waals surface area (Å²) < 4.78 is 0. The minimum atomic E-state index is -0.0159. The molecule has 0 saturated heterocycles. The summed E-state index contributed by atoms with van der Waals surface area (Å²) in [7, 11) is 0. The van der Waals surface area contributed by atoms with Gasteiger partial charge in [0.05, 0.1) is 6.10 Å². The molecule has 0 aromatic carbocycles. The van der Waals surface area contributed by atoms with E-state index in [1.165, 1.54) is 12.8 Å². The Balaban J connectivity index is 2.18. The summed E-state index contributed by atoms with van der Waals surface area (Å²) in [6.07, 6.45) is 4.49. The lowest BCUT2D eigenvalue weighted by molar-refractivity contribution is 0.0839. The van der Waals surface area contributed by atoms with Crippen LogP contribution in [0.25, 0.3) is 0 Å². The van der Waals surface area contributed by atoms with Gasteiger partial charge < -0.3 is 5.11 Å². The summed E-state index contributed by atoms with van der Waals surface area (Å²) in [5.41, 5.74) is 1.51. The molecule has 0 radical (unpaired) electrons. The summed E-state index contributed by atoms with van der Waals surface area (Å²) >= 11 is 0. The van der Waals surface area contributed by atoms with E-state index in [0.717, 1.165) is 12.8 Å². The number of hydrogen-bond donors (Lipinski definition) is 1. The molecule has 0 unspecified atom stereocenters. The van der Waals surface area contributed by atoms with E-state index in [1.54, 1.807) is 0 Å². The highest BCUT2D eigenvalue weighted by atomic mass is 16.3. The van der Waals surface area contributed by atoms with E-state index < -0.39 is 0 Å². The Morgan fingerprint density at radius 1 is 0.923 bits per heavy atom. The van der Waals surface area contributed by atoms with Crippen molar-refractivity contribution in [1.82, 2.24) is 0 Å². The molecule has 0 amide bonds. The first-order chi connectivity index (χ1) is 5.85. The first-order valence-electron chi connectivity index (χ1n) is 5.53. The SMILES string of the molecule is CC1(C)C(C)(C)C12CCC(O)CC2. The van der Waals surface area contributed by atoms with Crippen molar-refractivity contribution < 1.29 is 5.11 Å². The molecule has 1 N–H and O–H groups in total. The standard InChI is InChI=1S/C12H22O/c1-10(2)11(3,4)12(10)7-5-9(13)6-8-12/h9,13H,5-8H2,1-4H3. The number of hydrogen-bond acceptors (Lipinski definition) is 1. The third-order valence-electron chi connectivity index (χ3n) is 5.70. The average molecular weight is 182 g/mol. The van der Waals surface area contributed by atoms with Crippen molar-refractivity contribution in [2.24, 2.45) is 16.2 Å². The Morgan fingerprint density at radius 3 is 1.62 bits per heavy atom. The molecule has 0 aromatic heterocycles. The lowest BCUT2D eigenvalue weighted by Gasteiger charge is -2.29. The molecule has 2 saturated carbocycles. The Labute approximate surface area is 81.5 Å². The second-order valence-corrected chi connectivity index (χ2v) is 6.06. The molecular weight excluding hydrogens is 160 g/mol. The smallest absolute Gasteiger partial charge is 0.0540 e. The van der Waals surface area contributed by atoms with Crippen LogP contribution in [0.15, 0.2) is 0 Å². The zero-order valence-electron chi connectivity index (χ0n) is 9.35. The van der Waals surface area contributed by atoms with Gasteiger partial charge in [-0.15, -0.1) is 0 Å². The number of rotatable bonds is 0. The zero-order valence-corrected chi connectivity index (χ0v) is 9.35. The maximum atomic E-state index is 9.51. The van der Waals surface area contributed by atoms with Gasteiger partial charge >= 0.3 is 0 Å². The van der Waals surface area contributed by atoms with Crippen molar-refractivity contribution in [3.8, 4) is 0 Å². The first-order valence-corrected chi connectivity index (χ1v) is 5.53. The van der Waals surface area contributed by atoms with Crippen molar-refractivity contribution in [2.45, 2.75) is 59.5 Å². The quantitative estimate of drug-likeness (QED) is 0.610. The fourth-order valence-electron chi connectivity index (χ4n) is 3.89. The van der Waals surface area contributed by atoms with Crippen LogP contribution in [0.1, 0.15) is 53.4 Å². The van der Waals surface area contributed by atoms with Crippen LogP contribution in [-0.4, -0.2) is 11.2 Å². The molecule has 2 fully saturated rings. The van der Waals surface area contributed by atoms with Gasteiger partial charge in [-0.1, -0.05) is 27.7 Å². The van der Waals surface area contributed by atoms with Crippen molar-refractivity contribution >= 4 is 0 Å². The van der Waals surface area contributed by atoms with Crippen LogP contribution < -0.4 is 0 Å². The van der Waals surface area contributed by atoms with Crippen LogP contribution in [0.5, 0.6) is 0 Å². The number of aliphatic hydroxyl groups excluding tert-OH is 1. The van der Waals surface area contributed by atoms with Gasteiger partial charge in [0.25, 0.3) is 0 Å². The van der Waals surface area contributed by atoms with Gasteiger partial charge in [0.2, 0.25) is 0 Å². The van der Waals surface area contributed by atoms with Gasteiger partial charge in [-0.2, -0.15) is 0 Å². The van der Waals surface area contributed by atoms with E-state index in [9.17, 15) is 5.11 Å². The highest BCUT2D eigenvalue weighted by Gasteiger charge is 2.75. The second kappa shape index (κ2) is 2.31. The summed E-state index contributed by atoms with van der Waals surface area (Å²) in [5, 5.41) is 9.51. The molecule has 2 aliphatic rings. The minimum Gasteiger partial charge on any atom is -0.393 e. The van der Waals surface area contributed by atoms with Gasteiger partial charge in [-0.3, -0.25) is 0 Å². The lowest BCUT2D eigenvalue weighted by Crippen LogP contribution is -2.23. The maximum Gasteiger partial charge on any atom is 0.0540 e. The zero-order chi connectivity index (χ0) is 9.91. The Morgan fingerprint density at radius 2 is 1.31 bits per heavy atom. The Bertz CT molecular complexity index is 203. The highest BCUT2D eigenvalue weighted by molar-refractivity contribution is 5.24. The first kappa shape index (κ1) is 9.51. The van der Waals surface area contributed by atoms with Crippen molar-refractivity contribution in [2.75, 3.05) is 0 Å². The normalized spacial score (nSPS) is 34.8. The van der Waals surface area contributed by atoms with Crippen LogP contribution in [0.2, 0.25) is 0 Å². The van der Waals surface area contributed by atoms with Gasteiger partial charge in [-0.25, -0.2) is 0 Å². The van der Waals surface area contributed by atoms with Crippen LogP contribution in [-0.2, 0) is 0 Å². The predicted molar refractivity (Wildman–Crippen MR) is 54.5 cm³/mol. The molecule has 76 valence electrons. The molecule has 1 spiro atoms. The molecule has 2 aliphatic carbocycles. The Kier molecular flexibility index (Phi) is 1.69. The number of aliphatic hydroxyl groups is 1. The molecule has 1 nitrogen and oxygen atoms in total. The fraction of sp³-hybridized carbons (Fsp3) is 1.00. The topological polar surface area (TPSA) is 20.2 Å². The van der Waals surface area contributed by atoms with Crippen LogP contribution >= 0.6 is 0 Å². The summed E-state index contributed by atoms with van der Waals surface area (Å²) in [5.74, 6) is 0. The second-order valence-electron chi connectivity index (χ2n) is 6.06. The predicted octanol–water partition coefficient (Wildman–Crippen LogP) is 2.97. The van der Waals surface area contributed by atoms with E-state index in [1.807, 2.05) is 0 Å². The average Bonchev–Trinajstić information content (AvgIpc) is 2.35. The van der Waals surface area contributed by atoms with Crippen molar-refractivity contribution in [3.63, 3.8) is 0 Å². The highest BCUT2D eigenvalue weighted by Crippen LogP contribution is 2.82. The molecule has 1 heteroatoms. The third-order valence-corrected chi connectivity index (χ3v) is 5.70. The van der Waals surface area contributed by atoms with Gasteiger partial charge in [0.15, 0.2) is 0 Å². The molecule has 13 heavy (non-hydrogen) atoms. The molecule has 0 bridgehead atoms. The molecule has 0 atom stereocenters. The maximum absolute atomic E-state index is 9.51. The lowest BCUT2D eigenvalue weighted by atomic mass is 9.78. The summed E-state index contributed by atoms with van der Waals surface area (Å²) in [6.45, 7) is 9.57. The van der Waals surface area contributed by atoms with Gasteiger partial charge in [0, 0.05) is 0 Å². The van der Waals surface area contributed by atoms with Gasteiger partial charge in [-0.05, 0) is 41.9 Å². The van der Waals surface area contributed by atoms with E-state index in [2.05, 4.69) is 27.7 Å². The summed E-state index contributed by atoms with van der Waals surface area (Å²) in [4.78, 5) is 0. The monoisotopic (exact) mass is 182 g/mol. The van der Waals surface area contributed by atoms with Crippen LogP contribution in [0.4, 0.5) is 0 Å². The minimum absolute atomic E-state index is 0.0159. The Hall–Kier alpha value is -0.0400. The van der Waals surface area contributed by atoms with Gasteiger partial charge in [0.1, 0.15) is 0 Å². The van der Waals surface area contributed by atoms with Crippen LogP contribution in [0.3, 0.4) is 0 Å². The molecule has 0 aliphatic heterocycles. The molecule has 0 aromatic rings. The van der Waals surface area contributed by atoms with Crippen LogP contribution in [0, 0.1) is 16.2 Å². The molecule has 2 rings (SSSR count). The van der Waals surface area contributed by atoms with E-state index in [0.29, 0.717) is 16.2 Å². The fourth-order valence-corrected chi connectivity index (χ4v) is 3.89. The third kappa shape index (κ3) is 0.869. The van der Waals surface area contributed by atoms with E-state index in [-0.39, 0.29) is 6.10 Å². The van der Waals surface area contributed by atoms with Crippen molar-refractivity contribution in [1.29, 1.82) is 0 Å². The summed E-state index contributed by atoms with van der Waals surface area (Å²) in [6, 6.07) is 0. The largest absolute Gasteiger partial charge is 0.393 e. The van der Waals surface area contributed by atoms with E-state index in [4.69, 9.17) is 0 Å². The molecule has 0 heterocycles. The van der Waals surface area contributed by atoms with E-state index >= 15 is 0 Å². The molecular formula is C12H22O.